The molecule has 0 amide bonds. The molecule has 20 heavy (non-hydrogen) atoms. The fraction of sp³-hybridized carbons (Fsp3) is 0.500. The van der Waals surface area contributed by atoms with E-state index in [1.54, 1.807) is 11.8 Å². The zero-order valence-electron chi connectivity index (χ0n) is 11.5. The Balaban J connectivity index is 2.23. The summed E-state index contributed by atoms with van der Waals surface area (Å²) in [5.74, 6) is -2.02. The average molecular weight is 284 g/mol. The van der Waals surface area contributed by atoms with Crippen molar-refractivity contribution in [3.63, 3.8) is 0 Å². The molecule has 0 radical (unpaired) electrons. The van der Waals surface area contributed by atoms with Crippen LogP contribution in [-0.2, 0) is 4.79 Å². The van der Waals surface area contributed by atoms with E-state index >= 15 is 0 Å². The molecule has 1 fully saturated rings. The largest absolute Gasteiger partial charge is 0.480 e. The molecule has 2 atom stereocenters. The smallest absolute Gasteiger partial charge is 0.325 e. The fourth-order valence-corrected chi connectivity index (χ4v) is 2.55. The summed E-state index contributed by atoms with van der Waals surface area (Å²) in [5.41, 5.74) is 4.95. The Bertz CT molecular complexity index is 550. The van der Waals surface area contributed by atoms with Gasteiger partial charge in [0.25, 0.3) is 0 Å². The molecular formula is C14H18F2N2O2. The lowest BCUT2D eigenvalue weighted by Crippen LogP contribution is -2.50. The molecule has 110 valence electrons. The quantitative estimate of drug-likeness (QED) is 0.888. The summed E-state index contributed by atoms with van der Waals surface area (Å²) in [6.07, 6.45) is 0.294. The number of rotatable bonds is 3. The number of carboxylic acid groups (broad SMARTS) is 1. The van der Waals surface area contributed by atoms with Crippen molar-refractivity contribution in [3.05, 3.63) is 34.9 Å². The highest BCUT2D eigenvalue weighted by atomic mass is 19.1. The molecule has 0 bridgehead atoms. The lowest BCUT2D eigenvalue weighted by Gasteiger charge is -2.26. The Kier molecular flexibility index (Phi) is 3.80. The molecule has 2 unspecified atom stereocenters. The molecule has 1 aliphatic heterocycles. The van der Waals surface area contributed by atoms with Crippen molar-refractivity contribution in [1.82, 2.24) is 4.90 Å². The zero-order chi connectivity index (χ0) is 15.1. The maximum atomic E-state index is 13.9. The van der Waals surface area contributed by atoms with Gasteiger partial charge in [-0.15, -0.1) is 0 Å². The molecule has 4 nitrogen and oxygen atoms in total. The van der Waals surface area contributed by atoms with Gasteiger partial charge in [0.15, 0.2) is 0 Å². The number of nitrogens with zero attached hydrogens (tertiary/aromatic N) is 1. The van der Waals surface area contributed by atoms with Crippen molar-refractivity contribution >= 4 is 5.97 Å². The summed E-state index contributed by atoms with van der Waals surface area (Å²) < 4.78 is 27.5. The predicted octanol–water partition coefficient (Wildman–Crippen LogP) is 1.82. The molecule has 1 aromatic carbocycles. The number of nitrogens with two attached hydrogens (primary N) is 1. The van der Waals surface area contributed by atoms with E-state index in [0.717, 1.165) is 6.07 Å². The number of aliphatic carboxylic acids is 1. The number of aryl methyl sites for hydroxylation is 1. The van der Waals surface area contributed by atoms with Gasteiger partial charge in [-0.3, -0.25) is 9.69 Å². The first-order chi connectivity index (χ1) is 9.24. The van der Waals surface area contributed by atoms with Gasteiger partial charge in [0, 0.05) is 24.7 Å². The molecule has 0 saturated carbocycles. The fourth-order valence-electron chi connectivity index (χ4n) is 2.55. The minimum absolute atomic E-state index is 0.123. The van der Waals surface area contributed by atoms with Crippen molar-refractivity contribution in [2.75, 3.05) is 13.1 Å². The number of halogens is 2. The van der Waals surface area contributed by atoms with E-state index in [-0.39, 0.29) is 17.7 Å². The maximum Gasteiger partial charge on any atom is 0.325 e. The summed E-state index contributed by atoms with van der Waals surface area (Å²) in [5, 5.41) is 9.09. The summed E-state index contributed by atoms with van der Waals surface area (Å²) in [7, 11) is 0. The molecule has 1 heterocycles. The standard InChI is InChI=1S/C14H18F2N2O2/c1-8-5-12(16)10(6-11(8)15)9(2)18-4-3-14(17,7-18)13(19)20/h5-6,9H,3-4,7,17H2,1-2H3,(H,19,20). The van der Waals surface area contributed by atoms with E-state index in [9.17, 15) is 13.6 Å². The molecule has 1 saturated heterocycles. The van der Waals surface area contributed by atoms with Crippen LogP contribution < -0.4 is 5.73 Å². The summed E-state index contributed by atoms with van der Waals surface area (Å²) >= 11 is 0. The first-order valence-electron chi connectivity index (χ1n) is 6.46. The summed E-state index contributed by atoms with van der Waals surface area (Å²) in [6, 6.07) is 1.91. The van der Waals surface area contributed by atoms with Crippen molar-refractivity contribution in [1.29, 1.82) is 0 Å². The van der Waals surface area contributed by atoms with E-state index in [1.165, 1.54) is 13.0 Å². The third-order valence-corrected chi connectivity index (χ3v) is 4.03. The Morgan fingerprint density at radius 3 is 2.65 bits per heavy atom. The number of carbonyl (C=O) groups is 1. The molecule has 6 heteroatoms. The Labute approximate surface area is 116 Å². The van der Waals surface area contributed by atoms with Crippen LogP contribution in [0.3, 0.4) is 0 Å². The molecule has 0 spiro atoms. The van der Waals surface area contributed by atoms with Gasteiger partial charge >= 0.3 is 5.97 Å². The van der Waals surface area contributed by atoms with Crippen LogP contribution in [0.25, 0.3) is 0 Å². The van der Waals surface area contributed by atoms with Crippen molar-refractivity contribution in [3.8, 4) is 0 Å². The number of carboxylic acids is 1. The second-order valence-corrected chi connectivity index (χ2v) is 5.48. The average Bonchev–Trinajstić information content (AvgIpc) is 2.77. The number of hydrogen-bond donors (Lipinski definition) is 2. The molecule has 3 N–H and O–H groups in total. The SMILES string of the molecule is Cc1cc(F)c(C(C)N2CCC(N)(C(=O)O)C2)cc1F. The van der Waals surface area contributed by atoms with Gasteiger partial charge in [-0.1, -0.05) is 0 Å². The topological polar surface area (TPSA) is 66.6 Å². The summed E-state index contributed by atoms with van der Waals surface area (Å²) in [4.78, 5) is 12.9. The number of hydrogen-bond acceptors (Lipinski definition) is 3. The second-order valence-electron chi connectivity index (χ2n) is 5.48. The second kappa shape index (κ2) is 5.10. The zero-order valence-corrected chi connectivity index (χ0v) is 11.5. The monoisotopic (exact) mass is 284 g/mol. The highest BCUT2D eigenvalue weighted by molar-refractivity contribution is 5.79. The van der Waals surface area contributed by atoms with Crippen LogP contribution in [0, 0.1) is 18.6 Å². The summed E-state index contributed by atoms with van der Waals surface area (Å²) in [6.45, 7) is 3.79. The molecule has 0 aromatic heterocycles. The van der Waals surface area contributed by atoms with E-state index in [2.05, 4.69) is 0 Å². The third kappa shape index (κ3) is 2.53. The molecular weight excluding hydrogens is 266 g/mol. The van der Waals surface area contributed by atoms with Gasteiger partial charge in [-0.05, 0) is 38.0 Å². The minimum Gasteiger partial charge on any atom is -0.480 e. The van der Waals surface area contributed by atoms with Gasteiger partial charge in [-0.2, -0.15) is 0 Å². The normalized spacial score (nSPS) is 24.9. The van der Waals surface area contributed by atoms with Gasteiger partial charge in [0.2, 0.25) is 0 Å². The van der Waals surface area contributed by atoms with Gasteiger partial charge < -0.3 is 10.8 Å². The van der Waals surface area contributed by atoms with E-state index in [4.69, 9.17) is 10.8 Å². The van der Waals surface area contributed by atoms with Crippen LogP contribution in [0.1, 0.15) is 30.5 Å². The van der Waals surface area contributed by atoms with Crippen LogP contribution in [0.2, 0.25) is 0 Å². The molecule has 2 rings (SSSR count). The predicted molar refractivity (Wildman–Crippen MR) is 70.3 cm³/mol. The first kappa shape index (κ1) is 14.9. The van der Waals surface area contributed by atoms with Crippen LogP contribution >= 0.6 is 0 Å². The molecule has 0 aliphatic carbocycles. The Hall–Kier alpha value is -1.53. The van der Waals surface area contributed by atoms with Crippen LogP contribution in [0.4, 0.5) is 8.78 Å². The highest BCUT2D eigenvalue weighted by Crippen LogP contribution is 2.31. The lowest BCUT2D eigenvalue weighted by molar-refractivity contribution is -0.142. The lowest BCUT2D eigenvalue weighted by atomic mass is 10.0. The van der Waals surface area contributed by atoms with Gasteiger partial charge in [0.1, 0.15) is 17.2 Å². The number of benzene rings is 1. The van der Waals surface area contributed by atoms with Gasteiger partial charge in [0.05, 0.1) is 0 Å². The highest BCUT2D eigenvalue weighted by Gasteiger charge is 2.43. The van der Waals surface area contributed by atoms with Gasteiger partial charge in [-0.25, -0.2) is 8.78 Å². The molecule has 1 aliphatic rings. The van der Waals surface area contributed by atoms with Crippen LogP contribution in [-0.4, -0.2) is 34.6 Å². The number of likely N-dealkylation sites (tertiary alicyclic amines) is 1. The van der Waals surface area contributed by atoms with E-state index in [0.29, 0.717) is 13.0 Å². The molecule has 1 aromatic rings. The Morgan fingerprint density at radius 1 is 1.45 bits per heavy atom. The van der Waals surface area contributed by atoms with E-state index < -0.39 is 29.2 Å². The third-order valence-electron chi connectivity index (χ3n) is 4.03. The van der Waals surface area contributed by atoms with Crippen LogP contribution in [0.15, 0.2) is 12.1 Å². The van der Waals surface area contributed by atoms with E-state index in [1.807, 2.05) is 0 Å². The van der Waals surface area contributed by atoms with Crippen molar-refractivity contribution < 1.29 is 18.7 Å². The minimum atomic E-state index is -1.31. The first-order valence-corrected chi connectivity index (χ1v) is 6.46. The van der Waals surface area contributed by atoms with Crippen molar-refractivity contribution in [2.45, 2.75) is 31.8 Å². The Morgan fingerprint density at radius 2 is 2.10 bits per heavy atom. The maximum absolute atomic E-state index is 13.9. The van der Waals surface area contributed by atoms with Crippen LogP contribution in [0.5, 0.6) is 0 Å². The van der Waals surface area contributed by atoms with Crippen molar-refractivity contribution in [2.24, 2.45) is 5.73 Å².